The number of H-pyrrole nitrogens is 1. The molecule has 24 heavy (non-hydrogen) atoms. The van der Waals surface area contributed by atoms with Gasteiger partial charge in [0.15, 0.2) is 0 Å². The molecule has 1 atom stereocenters. The lowest BCUT2D eigenvalue weighted by Gasteiger charge is -2.37. The van der Waals surface area contributed by atoms with Gasteiger partial charge in [0.05, 0.1) is 0 Å². The molecule has 1 unspecified atom stereocenters. The topological polar surface area (TPSA) is 53.9 Å². The van der Waals surface area contributed by atoms with Crippen molar-refractivity contribution in [1.82, 2.24) is 19.7 Å². The lowest BCUT2D eigenvalue weighted by atomic mass is 9.84. The van der Waals surface area contributed by atoms with Gasteiger partial charge in [0.1, 0.15) is 0 Å². The van der Waals surface area contributed by atoms with Gasteiger partial charge in [-0.1, -0.05) is 0 Å². The molecule has 5 heteroatoms. The Labute approximate surface area is 143 Å². The van der Waals surface area contributed by atoms with Crippen molar-refractivity contribution in [3.05, 3.63) is 42.5 Å². The van der Waals surface area contributed by atoms with Crippen molar-refractivity contribution in [1.29, 1.82) is 0 Å². The fourth-order valence-corrected chi connectivity index (χ4v) is 4.40. The lowest BCUT2D eigenvalue weighted by molar-refractivity contribution is -0.138. The summed E-state index contributed by atoms with van der Waals surface area (Å²) in [6.45, 7) is 1.76. The summed E-state index contributed by atoms with van der Waals surface area (Å²) in [4.78, 5) is 15.1. The summed E-state index contributed by atoms with van der Waals surface area (Å²) in [6.07, 6.45) is 12.6. The van der Waals surface area contributed by atoms with Crippen LogP contribution in [0, 0.1) is 5.92 Å². The molecule has 2 fully saturated rings. The Balaban J connectivity index is 1.34. The van der Waals surface area contributed by atoms with Crippen LogP contribution in [0.15, 0.2) is 36.8 Å². The van der Waals surface area contributed by atoms with E-state index in [9.17, 15) is 4.79 Å². The number of nitrogens with one attached hydrogen (secondary N) is 1. The second-order valence-electron chi connectivity index (χ2n) is 7.27. The van der Waals surface area contributed by atoms with Crippen LogP contribution in [0.4, 0.5) is 0 Å². The second kappa shape index (κ2) is 6.83. The molecule has 0 aromatic carbocycles. The van der Waals surface area contributed by atoms with E-state index < -0.39 is 0 Å². The zero-order valence-corrected chi connectivity index (χ0v) is 14.1. The molecular weight excluding hydrogens is 300 g/mol. The first kappa shape index (κ1) is 15.5. The van der Waals surface area contributed by atoms with Gasteiger partial charge in [-0.25, -0.2) is 0 Å². The highest BCUT2D eigenvalue weighted by atomic mass is 16.2. The highest BCUT2D eigenvalue weighted by Crippen LogP contribution is 2.34. The fourth-order valence-electron chi connectivity index (χ4n) is 4.40. The van der Waals surface area contributed by atoms with Gasteiger partial charge in [-0.15, -0.1) is 0 Å². The van der Waals surface area contributed by atoms with Crippen molar-refractivity contribution < 1.29 is 4.79 Å². The molecule has 0 bridgehead atoms. The average Bonchev–Trinajstić information content (AvgIpc) is 3.35. The molecule has 1 amide bonds. The SMILES string of the molecule is O=C(C1CCC(n2cccc2)CC1)N1CCCC(c2ccn[nH]2)C1. The number of hydrogen-bond donors (Lipinski definition) is 1. The Morgan fingerprint density at radius 3 is 2.62 bits per heavy atom. The maximum Gasteiger partial charge on any atom is 0.225 e. The van der Waals surface area contributed by atoms with Crippen LogP contribution in [0.2, 0.25) is 0 Å². The van der Waals surface area contributed by atoms with Crippen LogP contribution in [0.25, 0.3) is 0 Å². The molecule has 1 N–H and O–H groups in total. The highest BCUT2D eigenvalue weighted by molar-refractivity contribution is 5.79. The largest absolute Gasteiger partial charge is 0.351 e. The van der Waals surface area contributed by atoms with Gasteiger partial charge in [0.25, 0.3) is 0 Å². The smallest absolute Gasteiger partial charge is 0.225 e. The number of amides is 1. The number of likely N-dealkylation sites (tertiary alicyclic amines) is 1. The zero-order valence-electron chi connectivity index (χ0n) is 14.1. The van der Waals surface area contributed by atoms with Gasteiger partial charge >= 0.3 is 0 Å². The van der Waals surface area contributed by atoms with E-state index in [-0.39, 0.29) is 5.92 Å². The average molecular weight is 326 g/mol. The molecule has 0 spiro atoms. The van der Waals surface area contributed by atoms with Gasteiger partial charge in [0.2, 0.25) is 5.91 Å². The molecule has 1 aliphatic heterocycles. The minimum Gasteiger partial charge on any atom is -0.351 e. The molecule has 128 valence electrons. The number of carbonyl (C=O) groups is 1. The normalized spacial score (nSPS) is 28.0. The van der Waals surface area contributed by atoms with Gasteiger partial charge in [-0.2, -0.15) is 5.10 Å². The second-order valence-corrected chi connectivity index (χ2v) is 7.27. The number of hydrogen-bond acceptors (Lipinski definition) is 2. The van der Waals surface area contributed by atoms with E-state index in [1.165, 1.54) is 5.69 Å². The quantitative estimate of drug-likeness (QED) is 0.940. The van der Waals surface area contributed by atoms with Crippen LogP contribution < -0.4 is 0 Å². The first-order chi connectivity index (χ1) is 11.8. The Morgan fingerprint density at radius 1 is 1.12 bits per heavy atom. The van der Waals surface area contributed by atoms with Crippen molar-refractivity contribution >= 4 is 5.91 Å². The van der Waals surface area contributed by atoms with Crippen LogP contribution in [-0.2, 0) is 4.79 Å². The van der Waals surface area contributed by atoms with Crippen molar-refractivity contribution in [3.63, 3.8) is 0 Å². The van der Waals surface area contributed by atoms with Crippen LogP contribution in [0.1, 0.15) is 56.2 Å². The third kappa shape index (κ3) is 3.12. The van der Waals surface area contributed by atoms with Gasteiger partial charge in [-0.05, 0) is 56.7 Å². The summed E-state index contributed by atoms with van der Waals surface area (Å²) in [5, 5.41) is 7.14. The molecular formula is C19H26N4O. The van der Waals surface area contributed by atoms with Crippen LogP contribution in [-0.4, -0.2) is 38.7 Å². The van der Waals surface area contributed by atoms with E-state index in [4.69, 9.17) is 0 Å². The number of aromatic nitrogens is 3. The summed E-state index contributed by atoms with van der Waals surface area (Å²) in [5.41, 5.74) is 1.17. The van der Waals surface area contributed by atoms with Crippen LogP contribution >= 0.6 is 0 Å². The molecule has 5 nitrogen and oxygen atoms in total. The van der Waals surface area contributed by atoms with Crippen molar-refractivity contribution in [2.75, 3.05) is 13.1 Å². The third-order valence-electron chi connectivity index (χ3n) is 5.79. The molecule has 1 saturated heterocycles. The molecule has 2 aliphatic rings. The summed E-state index contributed by atoms with van der Waals surface area (Å²) < 4.78 is 2.30. The summed E-state index contributed by atoms with van der Waals surface area (Å²) in [5.74, 6) is 1.02. The third-order valence-corrected chi connectivity index (χ3v) is 5.79. The number of rotatable bonds is 3. The first-order valence-corrected chi connectivity index (χ1v) is 9.22. The molecule has 2 aromatic heterocycles. The van der Waals surface area contributed by atoms with E-state index in [1.54, 1.807) is 6.20 Å². The molecule has 1 aliphatic carbocycles. The number of carbonyl (C=O) groups excluding carboxylic acids is 1. The lowest BCUT2D eigenvalue weighted by Crippen LogP contribution is -2.43. The maximum atomic E-state index is 13.0. The van der Waals surface area contributed by atoms with Gasteiger partial charge in [-0.3, -0.25) is 9.89 Å². The van der Waals surface area contributed by atoms with Gasteiger partial charge in [0, 0.05) is 55.3 Å². The fraction of sp³-hybridized carbons (Fsp3) is 0.579. The van der Waals surface area contributed by atoms with Crippen molar-refractivity contribution in [2.24, 2.45) is 5.92 Å². The van der Waals surface area contributed by atoms with Crippen molar-refractivity contribution in [3.8, 4) is 0 Å². The Kier molecular flexibility index (Phi) is 4.41. The summed E-state index contributed by atoms with van der Waals surface area (Å²) in [7, 11) is 0. The van der Waals surface area contributed by atoms with E-state index in [1.807, 2.05) is 6.07 Å². The van der Waals surface area contributed by atoms with Crippen LogP contribution in [0.5, 0.6) is 0 Å². The predicted molar refractivity (Wildman–Crippen MR) is 92.6 cm³/mol. The standard InChI is InChI=1S/C19H26N4O/c24-19(15-5-7-17(8-6-15)22-11-1-2-12-22)23-13-3-4-16(14-23)18-9-10-20-21-18/h1-2,9-12,15-17H,3-8,13-14H2,(H,20,21). The molecule has 2 aromatic rings. The summed E-state index contributed by atoms with van der Waals surface area (Å²) in [6, 6.07) is 6.78. The van der Waals surface area contributed by atoms with Crippen LogP contribution in [0.3, 0.4) is 0 Å². The highest BCUT2D eigenvalue weighted by Gasteiger charge is 2.32. The van der Waals surface area contributed by atoms with E-state index in [2.05, 4.69) is 44.2 Å². The monoisotopic (exact) mass is 326 g/mol. The Bertz CT molecular complexity index is 641. The molecule has 1 saturated carbocycles. The van der Waals surface area contributed by atoms with E-state index in [0.717, 1.165) is 51.6 Å². The van der Waals surface area contributed by atoms with Crippen molar-refractivity contribution in [2.45, 2.75) is 50.5 Å². The predicted octanol–water partition coefficient (Wildman–Crippen LogP) is 3.35. The molecule has 0 radical (unpaired) electrons. The zero-order chi connectivity index (χ0) is 16.4. The molecule has 3 heterocycles. The minimum absolute atomic E-state index is 0.220. The maximum absolute atomic E-state index is 13.0. The van der Waals surface area contributed by atoms with E-state index >= 15 is 0 Å². The number of nitrogens with zero attached hydrogens (tertiary/aromatic N) is 3. The minimum atomic E-state index is 0.220. The number of aromatic amines is 1. The molecule has 4 rings (SSSR count). The Morgan fingerprint density at radius 2 is 1.92 bits per heavy atom. The first-order valence-electron chi connectivity index (χ1n) is 9.22. The Hall–Kier alpha value is -2.04. The summed E-state index contributed by atoms with van der Waals surface area (Å²) >= 11 is 0. The van der Waals surface area contributed by atoms with Gasteiger partial charge < -0.3 is 9.47 Å². The van der Waals surface area contributed by atoms with E-state index in [0.29, 0.717) is 17.9 Å². The number of piperidine rings is 1.